The summed E-state index contributed by atoms with van der Waals surface area (Å²) >= 11 is 0. The molecule has 0 saturated carbocycles. The summed E-state index contributed by atoms with van der Waals surface area (Å²) in [6.45, 7) is 5.84. The lowest BCUT2D eigenvalue weighted by molar-refractivity contribution is -0.129. The van der Waals surface area contributed by atoms with Gasteiger partial charge in [0.05, 0.1) is 12.0 Å². The predicted molar refractivity (Wildman–Crippen MR) is 128 cm³/mol. The predicted octanol–water partition coefficient (Wildman–Crippen LogP) is 3.00. The molecule has 0 aliphatic carbocycles. The monoisotopic (exact) mass is 452 g/mol. The van der Waals surface area contributed by atoms with E-state index in [0.29, 0.717) is 45.8 Å². The number of nitrogens with one attached hydrogen (secondary N) is 3. The number of amides is 1. The fourth-order valence-corrected chi connectivity index (χ4v) is 3.97. The Labute approximate surface area is 193 Å². The minimum atomic E-state index is 0.131. The molecule has 3 N–H and O–H groups in total. The number of rotatable bonds is 5. The quantitative estimate of drug-likeness (QED) is 0.511. The Hall–Kier alpha value is -3.17. The zero-order valence-electron chi connectivity index (χ0n) is 19.3. The first-order valence-electron chi connectivity index (χ1n) is 11.5. The van der Waals surface area contributed by atoms with Gasteiger partial charge in [-0.25, -0.2) is 9.97 Å². The van der Waals surface area contributed by atoms with Crippen molar-refractivity contribution in [3.63, 3.8) is 0 Å². The minimum Gasteiger partial charge on any atom is -0.491 e. The van der Waals surface area contributed by atoms with Gasteiger partial charge in [-0.1, -0.05) is 0 Å². The molecule has 4 rings (SSSR count). The average Bonchev–Trinajstić information content (AvgIpc) is 3.24. The summed E-state index contributed by atoms with van der Waals surface area (Å²) in [7, 11) is 1.87. The van der Waals surface area contributed by atoms with Gasteiger partial charge in [0.1, 0.15) is 30.1 Å². The number of carbonyl (C=O) groups is 1. The molecule has 1 aromatic carbocycles. The summed E-state index contributed by atoms with van der Waals surface area (Å²) < 4.78 is 11.4. The largest absolute Gasteiger partial charge is 0.491 e. The van der Waals surface area contributed by atoms with Gasteiger partial charge in [-0.3, -0.25) is 4.79 Å². The summed E-state index contributed by atoms with van der Waals surface area (Å²) in [5.41, 5.74) is 3.76. The molecule has 0 saturated heterocycles. The lowest BCUT2D eigenvalue weighted by atomic mass is 10.1. The fraction of sp³-hybridized carbons (Fsp3) is 0.458. The lowest BCUT2D eigenvalue weighted by Crippen LogP contribution is -2.30. The van der Waals surface area contributed by atoms with Crippen molar-refractivity contribution in [1.82, 2.24) is 25.2 Å². The number of nitrogens with zero attached hydrogens (tertiary/aromatic N) is 3. The van der Waals surface area contributed by atoms with E-state index in [4.69, 9.17) is 9.47 Å². The van der Waals surface area contributed by atoms with Crippen LogP contribution in [0.2, 0.25) is 0 Å². The van der Waals surface area contributed by atoms with E-state index in [9.17, 15) is 4.79 Å². The van der Waals surface area contributed by atoms with Gasteiger partial charge in [0.25, 0.3) is 0 Å². The number of anilines is 2. The standard InChI is InChI=1S/C24H32N6O3/c1-3-32-11-12-33-20-7-6-19-13-17(20)5-8-21(31)30(2)10-4-9-25-14-18-15-26-23-22(18)24(29-19)28-16-27-23/h6-7,13,15-16,25H,3-5,8-12,14H2,1-2H3,(H2,26,27,28,29). The molecular weight excluding hydrogens is 420 g/mol. The maximum Gasteiger partial charge on any atom is 0.222 e. The Morgan fingerprint density at radius 1 is 1.15 bits per heavy atom. The third-order valence-corrected chi connectivity index (χ3v) is 5.76. The molecule has 1 aliphatic rings. The second-order valence-corrected chi connectivity index (χ2v) is 8.10. The molecule has 2 bridgehead atoms. The van der Waals surface area contributed by atoms with Crippen LogP contribution in [0.15, 0.2) is 30.7 Å². The zero-order valence-corrected chi connectivity index (χ0v) is 19.3. The number of ether oxygens (including phenoxy) is 2. The molecule has 9 heteroatoms. The summed E-state index contributed by atoms with van der Waals surface area (Å²) in [6.07, 6.45) is 5.42. The molecule has 1 aliphatic heterocycles. The van der Waals surface area contributed by atoms with Gasteiger partial charge in [-0.05, 0) is 55.6 Å². The van der Waals surface area contributed by atoms with Gasteiger partial charge in [-0.15, -0.1) is 0 Å². The van der Waals surface area contributed by atoms with Crippen LogP contribution in [0, 0.1) is 0 Å². The van der Waals surface area contributed by atoms with Crippen molar-refractivity contribution in [2.75, 3.05) is 45.3 Å². The van der Waals surface area contributed by atoms with Crippen molar-refractivity contribution in [3.8, 4) is 5.75 Å². The highest BCUT2D eigenvalue weighted by Crippen LogP contribution is 2.30. The molecule has 0 radical (unpaired) electrons. The molecule has 9 nitrogen and oxygen atoms in total. The van der Waals surface area contributed by atoms with Crippen LogP contribution in [0.3, 0.4) is 0 Å². The van der Waals surface area contributed by atoms with Gasteiger partial charge >= 0.3 is 0 Å². The van der Waals surface area contributed by atoms with E-state index >= 15 is 0 Å². The van der Waals surface area contributed by atoms with Gasteiger partial charge in [0.2, 0.25) is 5.91 Å². The van der Waals surface area contributed by atoms with Gasteiger partial charge in [-0.2, -0.15) is 0 Å². The van der Waals surface area contributed by atoms with Crippen molar-refractivity contribution in [1.29, 1.82) is 0 Å². The topological polar surface area (TPSA) is 104 Å². The number of hydrogen-bond acceptors (Lipinski definition) is 7. The second kappa shape index (κ2) is 11.1. The summed E-state index contributed by atoms with van der Waals surface area (Å²) in [6, 6.07) is 5.95. The molecule has 0 spiro atoms. The number of aryl methyl sites for hydroxylation is 1. The Balaban J connectivity index is 1.65. The third-order valence-electron chi connectivity index (χ3n) is 5.76. The van der Waals surface area contributed by atoms with E-state index < -0.39 is 0 Å². The number of fused-ring (bicyclic) bond motifs is 2. The molecule has 1 amide bonds. The second-order valence-electron chi connectivity index (χ2n) is 8.10. The summed E-state index contributed by atoms with van der Waals surface area (Å²) in [5.74, 6) is 1.65. The number of hydrogen-bond donors (Lipinski definition) is 3. The van der Waals surface area contributed by atoms with Crippen molar-refractivity contribution in [2.45, 2.75) is 32.7 Å². The van der Waals surface area contributed by atoms with E-state index in [1.165, 1.54) is 0 Å². The minimum absolute atomic E-state index is 0.131. The summed E-state index contributed by atoms with van der Waals surface area (Å²) in [4.78, 5) is 26.6. The SMILES string of the molecule is CCOCCOc1ccc2cc1CCC(=O)N(C)CCCNCc1c[nH]c3ncnc(c13)N2. The number of aromatic amines is 1. The Kier molecular flexibility index (Phi) is 7.74. The highest BCUT2D eigenvalue weighted by Gasteiger charge is 2.15. The van der Waals surface area contributed by atoms with Crippen LogP contribution in [-0.2, 0) is 22.5 Å². The first-order chi connectivity index (χ1) is 16.2. The van der Waals surface area contributed by atoms with Gasteiger partial charge in [0, 0.05) is 45.0 Å². The number of H-pyrrole nitrogens is 1. The first kappa shape index (κ1) is 23.0. The van der Waals surface area contributed by atoms with Crippen LogP contribution in [-0.4, -0.2) is 65.7 Å². The highest BCUT2D eigenvalue weighted by atomic mass is 16.5. The molecule has 2 aromatic heterocycles. The number of aromatic nitrogens is 3. The molecule has 0 unspecified atom stereocenters. The molecule has 3 aromatic rings. The van der Waals surface area contributed by atoms with E-state index in [0.717, 1.165) is 52.4 Å². The van der Waals surface area contributed by atoms with Crippen molar-refractivity contribution >= 4 is 28.4 Å². The van der Waals surface area contributed by atoms with E-state index in [1.54, 1.807) is 6.33 Å². The van der Waals surface area contributed by atoms with Gasteiger partial charge < -0.3 is 30.0 Å². The van der Waals surface area contributed by atoms with Crippen LogP contribution in [0.1, 0.15) is 30.9 Å². The molecule has 0 fully saturated rings. The van der Waals surface area contributed by atoms with E-state index in [-0.39, 0.29) is 5.91 Å². The van der Waals surface area contributed by atoms with Gasteiger partial charge in [0.15, 0.2) is 0 Å². The molecule has 33 heavy (non-hydrogen) atoms. The fourth-order valence-electron chi connectivity index (χ4n) is 3.97. The van der Waals surface area contributed by atoms with Crippen LogP contribution in [0.5, 0.6) is 5.75 Å². The first-order valence-corrected chi connectivity index (χ1v) is 11.5. The Morgan fingerprint density at radius 3 is 2.94 bits per heavy atom. The molecule has 0 atom stereocenters. The number of benzene rings is 1. The van der Waals surface area contributed by atoms with E-state index in [2.05, 4.69) is 25.6 Å². The lowest BCUT2D eigenvalue weighted by Gasteiger charge is -2.19. The van der Waals surface area contributed by atoms with Crippen LogP contribution < -0.4 is 15.4 Å². The van der Waals surface area contributed by atoms with Crippen molar-refractivity contribution in [2.24, 2.45) is 0 Å². The number of carbonyl (C=O) groups excluding carboxylic acids is 1. The van der Waals surface area contributed by atoms with Crippen LogP contribution in [0.25, 0.3) is 11.0 Å². The molecule has 3 heterocycles. The Bertz CT molecular complexity index is 1080. The zero-order chi connectivity index (χ0) is 23.0. The summed E-state index contributed by atoms with van der Waals surface area (Å²) in [5, 5.41) is 7.88. The van der Waals surface area contributed by atoms with Crippen molar-refractivity contribution < 1.29 is 14.3 Å². The molecule has 176 valence electrons. The highest BCUT2D eigenvalue weighted by molar-refractivity contribution is 5.92. The normalized spacial score (nSPS) is 15.5. The van der Waals surface area contributed by atoms with E-state index in [1.807, 2.05) is 43.3 Å². The third kappa shape index (κ3) is 5.80. The van der Waals surface area contributed by atoms with Crippen LogP contribution >= 0.6 is 0 Å². The van der Waals surface area contributed by atoms with Crippen molar-refractivity contribution in [3.05, 3.63) is 41.9 Å². The van der Waals surface area contributed by atoms with Crippen LogP contribution in [0.4, 0.5) is 11.5 Å². The molecular formula is C24H32N6O3. The smallest absolute Gasteiger partial charge is 0.222 e. The maximum absolute atomic E-state index is 12.7. The average molecular weight is 453 g/mol. The Morgan fingerprint density at radius 2 is 2.06 bits per heavy atom. The maximum atomic E-state index is 12.7.